The molecule has 0 bridgehead atoms. The van der Waals surface area contributed by atoms with E-state index in [4.69, 9.17) is 17.9 Å². The first-order valence-corrected chi connectivity index (χ1v) is 26.8. The van der Waals surface area contributed by atoms with Gasteiger partial charge in [-0.3, -0.25) is 13.7 Å². The van der Waals surface area contributed by atoms with Crippen LogP contribution in [0.15, 0.2) is 249 Å². The minimum absolute atomic E-state index is 0.0992. The van der Waals surface area contributed by atoms with Crippen molar-refractivity contribution in [2.45, 2.75) is 52.4 Å². The van der Waals surface area contributed by atoms with Gasteiger partial charge in [-0.25, -0.2) is 4.98 Å². The van der Waals surface area contributed by atoms with Crippen LogP contribution in [0.5, 0.6) is 11.5 Å². The number of imidazole rings is 1. The fourth-order valence-corrected chi connectivity index (χ4v) is 11.4. The quantitative estimate of drug-likeness (QED) is 0.107. The van der Waals surface area contributed by atoms with Gasteiger partial charge >= 0.3 is 0 Å². The van der Waals surface area contributed by atoms with E-state index in [1.54, 1.807) is 22.8 Å². The summed E-state index contributed by atoms with van der Waals surface area (Å²) >= 11 is 0. The van der Waals surface area contributed by atoms with Crippen molar-refractivity contribution >= 4 is 54.6 Å². The smallest absolute Gasteiger partial charge is 0.269 e. The first kappa shape index (κ1) is 38.7. The maximum Gasteiger partial charge on any atom is 0.269 e. The largest absolute Gasteiger partial charge is 0.458 e. The first-order valence-electron chi connectivity index (χ1n) is 31.8. The Morgan fingerprint density at radius 2 is 1.06 bits per heavy atom. The fraction of sp³-hybridized carbons (Fsp3) is 0.108. The summed E-state index contributed by atoms with van der Waals surface area (Å²) in [5, 5.41) is 3.86. The Morgan fingerprint density at radius 3 is 1.80 bits per heavy atom. The highest BCUT2D eigenvalue weighted by Gasteiger charge is 2.25. The van der Waals surface area contributed by atoms with Gasteiger partial charge in [-0.05, 0) is 134 Å². The number of fused-ring (bicyclic) bond motifs is 7. The molecule has 0 saturated heterocycles. The molecule has 0 fully saturated rings. The van der Waals surface area contributed by atoms with Gasteiger partial charge < -0.3 is 9.30 Å². The lowest BCUT2D eigenvalue weighted by molar-refractivity contribution is -0.571. The van der Waals surface area contributed by atoms with Gasteiger partial charge in [0, 0.05) is 45.0 Å². The lowest BCUT2D eigenvalue weighted by Crippen LogP contribution is -2.31. The highest BCUT2D eigenvalue weighted by Crippen LogP contribution is 2.42. The molecule has 0 aliphatic rings. The van der Waals surface area contributed by atoms with Gasteiger partial charge in [0.15, 0.2) is 0 Å². The van der Waals surface area contributed by atoms with E-state index in [0.29, 0.717) is 28.2 Å². The molecule has 6 nitrogen and oxygen atoms in total. The number of rotatable bonds is 9. The molecule has 0 aliphatic heterocycles. The molecular formula is C74H59N5O. The summed E-state index contributed by atoms with van der Waals surface area (Å²) in [6.45, 7) is 13.3. The Labute approximate surface area is 480 Å². The van der Waals surface area contributed by atoms with E-state index < -0.39 is 60.4 Å². The number of para-hydroxylation sites is 3. The van der Waals surface area contributed by atoms with Crippen LogP contribution in [0.1, 0.15) is 66.4 Å². The number of ether oxygens (including phenoxy) is 1. The summed E-state index contributed by atoms with van der Waals surface area (Å²) in [5.41, 5.74) is 10.9. The summed E-state index contributed by atoms with van der Waals surface area (Å²) < 4.78 is 105. The number of hydrogen-bond acceptors (Lipinski definition) is 2. The molecule has 4 heterocycles. The summed E-state index contributed by atoms with van der Waals surface area (Å²) in [6, 6.07) is 54.9. The molecule has 386 valence electrons. The molecule has 14 aromatic rings. The van der Waals surface area contributed by atoms with Crippen molar-refractivity contribution in [3.8, 4) is 67.8 Å². The molecule has 10 aromatic carbocycles. The van der Waals surface area contributed by atoms with Crippen LogP contribution in [0.4, 0.5) is 0 Å². The van der Waals surface area contributed by atoms with Crippen LogP contribution < -0.4 is 9.30 Å². The SMILES string of the molecule is [2H]c1c([2H])c([2H])c(-c2cccc(-c3c([2H])c([2H])c([2H])c([2H])c3[2H])c2-[n+]2[c-]n(-c3cccc(Oc4ccc5c6ccc(-c7ccccc7C(C)(C)C)cc6n(-c6cc(C(C)(C)C)ccn6)c5c4)c3)c3cc4c(cc32)c2ccccc2n4-c2ccccc2)c([2H])c1[2H]. The Balaban J connectivity index is 1.01. The number of benzene rings is 10. The molecule has 0 spiro atoms. The Hall–Kier alpha value is -9.78. The zero-order chi connectivity index (χ0) is 63.0. The summed E-state index contributed by atoms with van der Waals surface area (Å²) in [5.74, 6) is 1.83. The highest BCUT2D eigenvalue weighted by molar-refractivity contribution is 6.13. The van der Waals surface area contributed by atoms with E-state index in [-0.39, 0.29) is 38.8 Å². The number of aromatic nitrogens is 5. The van der Waals surface area contributed by atoms with E-state index in [1.807, 2.05) is 89.6 Å². The Morgan fingerprint density at radius 1 is 0.450 bits per heavy atom. The van der Waals surface area contributed by atoms with Crippen LogP contribution >= 0.6 is 0 Å². The van der Waals surface area contributed by atoms with Gasteiger partial charge in [0.05, 0.1) is 52.7 Å². The molecule has 0 unspecified atom stereocenters. The Bertz CT molecular complexity index is 5180. The predicted octanol–water partition coefficient (Wildman–Crippen LogP) is 18.7. The van der Waals surface area contributed by atoms with Crippen molar-refractivity contribution in [2.75, 3.05) is 0 Å². The van der Waals surface area contributed by atoms with E-state index in [1.165, 1.54) is 5.56 Å². The minimum atomic E-state index is -0.579. The second-order valence-electron chi connectivity index (χ2n) is 22.3. The van der Waals surface area contributed by atoms with Gasteiger partial charge in [-0.2, -0.15) is 0 Å². The average molecular weight is 1040 g/mol. The standard InChI is InChI=1S/C74H59N5O/c1-73(2,3)52-40-41-75-71(43-52)79-66-42-51(57-30-16-18-34-64(57)74(4,5)6)36-38-61(66)62-39-37-56(45-67(62)79)80-55-29-20-28-54(44-55)76-48-77(72-58(49-22-10-7-11-23-49)32-21-33-59(72)50-24-12-8-13-25-50)69-46-63-60-31-17-19-35-65(60)78(68(63)47-70(69)76)53-26-14-9-15-27-53/h7-47H,1-6H3/i7D,8D,10D,11D,12D,13D,22D,23D,24D,25D. The zero-order valence-corrected chi connectivity index (χ0v) is 45.0. The van der Waals surface area contributed by atoms with Crippen LogP contribution in [0, 0.1) is 6.33 Å². The normalized spacial score (nSPS) is 13.9. The molecule has 0 atom stereocenters. The van der Waals surface area contributed by atoms with Crippen molar-refractivity contribution in [1.29, 1.82) is 0 Å². The molecule has 0 saturated carbocycles. The van der Waals surface area contributed by atoms with Gasteiger partial charge in [0.2, 0.25) is 0 Å². The summed E-state index contributed by atoms with van der Waals surface area (Å²) in [4.78, 5) is 5.03. The molecule has 6 heteroatoms. The Kier molecular flexibility index (Phi) is 9.19. The highest BCUT2D eigenvalue weighted by atomic mass is 16.5. The van der Waals surface area contributed by atoms with Gasteiger partial charge in [-0.15, -0.1) is 0 Å². The summed E-state index contributed by atoms with van der Waals surface area (Å²) in [6.07, 6.45) is 5.50. The lowest BCUT2D eigenvalue weighted by Gasteiger charge is -2.23. The maximum absolute atomic E-state index is 9.34. The monoisotopic (exact) mass is 1040 g/mol. The molecule has 0 aliphatic carbocycles. The maximum atomic E-state index is 9.34. The summed E-state index contributed by atoms with van der Waals surface area (Å²) in [7, 11) is 0. The van der Waals surface area contributed by atoms with E-state index in [0.717, 1.165) is 71.8 Å². The van der Waals surface area contributed by atoms with Crippen LogP contribution in [-0.2, 0) is 10.8 Å². The molecule has 80 heavy (non-hydrogen) atoms. The number of hydrogen-bond donors (Lipinski definition) is 0. The van der Waals surface area contributed by atoms with Crippen LogP contribution in [0.3, 0.4) is 0 Å². The van der Waals surface area contributed by atoms with E-state index in [9.17, 15) is 5.48 Å². The lowest BCUT2D eigenvalue weighted by atomic mass is 9.82. The molecule has 0 amide bonds. The average Bonchev–Trinajstić information content (AvgIpc) is 1.50. The molecule has 4 aromatic heterocycles. The third-order valence-electron chi connectivity index (χ3n) is 15.2. The second-order valence-corrected chi connectivity index (χ2v) is 22.3. The molecular weight excluding hydrogens is 975 g/mol. The second kappa shape index (κ2) is 19.0. The van der Waals surface area contributed by atoms with Crippen molar-refractivity contribution in [3.63, 3.8) is 0 Å². The van der Waals surface area contributed by atoms with Crippen molar-refractivity contribution in [2.24, 2.45) is 0 Å². The van der Waals surface area contributed by atoms with Gasteiger partial charge in [-0.1, -0.05) is 199 Å². The fourth-order valence-electron chi connectivity index (χ4n) is 11.4. The topological polar surface area (TPSA) is 40.8 Å². The van der Waals surface area contributed by atoms with Gasteiger partial charge in [0.1, 0.15) is 17.3 Å². The van der Waals surface area contributed by atoms with Gasteiger partial charge in [0.25, 0.3) is 6.33 Å². The van der Waals surface area contributed by atoms with Crippen molar-refractivity contribution in [1.82, 2.24) is 18.7 Å². The van der Waals surface area contributed by atoms with Crippen molar-refractivity contribution < 1.29 is 23.0 Å². The van der Waals surface area contributed by atoms with E-state index in [2.05, 4.69) is 142 Å². The number of pyridine rings is 1. The molecule has 14 rings (SSSR count). The minimum Gasteiger partial charge on any atom is -0.458 e. The third kappa shape index (κ3) is 8.34. The predicted molar refractivity (Wildman–Crippen MR) is 330 cm³/mol. The van der Waals surface area contributed by atoms with Crippen LogP contribution in [-0.4, -0.2) is 18.7 Å². The van der Waals surface area contributed by atoms with Crippen LogP contribution in [0.25, 0.3) is 111 Å². The van der Waals surface area contributed by atoms with E-state index >= 15 is 0 Å². The third-order valence-corrected chi connectivity index (χ3v) is 15.2. The van der Waals surface area contributed by atoms with Crippen LogP contribution in [0.2, 0.25) is 0 Å². The number of nitrogens with zero attached hydrogens (tertiary/aromatic N) is 5. The molecule has 0 radical (unpaired) electrons. The zero-order valence-electron chi connectivity index (χ0n) is 55.0. The first-order chi connectivity index (χ1) is 43.1. The molecule has 0 N–H and O–H groups in total. The van der Waals surface area contributed by atoms with Crippen molar-refractivity contribution in [3.05, 3.63) is 266 Å².